The van der Waals surface area contributed by atoms with Crippen LogP contribution < -0.4 is 15.0 Å². The molecule has 5 nitrogen and oxygen atoms in total. The van der Waals surface area contributed by atoms with Gasteiger partial charge in [0, 0.05) is 24.3 Å². The molecule has 2 N–H and O–H groups in total. The second-order valence-corrected chi connectivity index (χ2v) is 4.54. The van der Waals surface area contributed by atoms with Crippen molar-refractivity contribution in [2.75, 3.05) is 31.6 Å². The summed E-state index contributed by atoms with van der Waals surface area (Å²) in [6.45, 7) is 7.10. The van der Waals surface area contributed by atoms with Crippen molar-refractivity contribution >= 4 is 11.6 Å². The molecule has 0 radical (unpaired) electrons. The van der Waals surface area contributed by atoms with E-state index < -0.39 is 6.10 Å². The molecule has 0 aromatic heterocycles. The van der Waals surface area contributed by atoms with Crippen LogP contribution in [0.3, 0.4) is 0 Å². The summed E-state index contributed by atoms with van der Waals surface area (Å²) >= 11 is 0. The normalized spacial score (nSPS) is 11.8. The van der Waals surface area contributed by atoms with E-state index in [1.54, 1.807) is 14.0 Å². The average Bonchev–Trinajstić information content (AvgIpc) is 2.44. The Balaban J connectivity index is 3.11. The highest BCUT2D eigenvalue weighted by molar-refractivity contribution is 5.82. The van der Waals surface area contributed by atoms with Crippen molar-refractivity contribution in [3.05, 3.63) is 23.8 Å². The lowest BCUT2D eigenvalue weighted by molar-refractivity contribution is -0.119. The number of methoxy groups -OCH3 is 1. The highest BCUT2D eigenvalue weighted by Crippen LogP contribution is 2.34. The molecule has 0 spiro atoms. The van der Waals surface area contributed by atoms with Crippen LogP contribution in [0.15, 0.2) is 18.2 Å². The quantitative estimate of drug-likeness (QED) is 0.798. The molecule has 1 atom stereocenters. The molecule has 1 aromatic carbocycles. The van der Waals surface area contributed by atoms with Crippen molar-refractivity contribution in [2.24, 2.45) is 0 Å². The van der Waals surface area contributed by atoms with Crippen molar-refractivity contribution in [3.63, 3.8) is 0 Å². The third-order valence-electron chi connectivity index (χ3n) is 3.11. The predicted molar refractivity (Wildman–Crippen MR) is 80.2 cm³/mol. The van der Waals surface area contributed by atoms with Gasteiger partial charge in [-0.05, 0) is 32.9 Å². The van der Waals surface area contributed by atoms with Crippen molar-refractivity contribution in [3.8, 4) is 5.75 Å². The van der Waals surface area contributed by atoms with Crippen LogP contribution in [0.1, 0.15) is 32.4 Å². The van der Waals surface area contributed by atoms with Crippen molar-refractivity contribution in [1.29, 1.82) is 0 Å². The highest BCUT2D eigenvalue weighted by Gasteiger charge is 2.19. The Labute approximate surface area is 120 Å². The summed E-state index contributed by atoms with van der Waals surface area (Å²) in [4.78, 5) is 13.7. The van der Waals surface area contributed by atoms with Gasteiger partial charge in [-0.2, -0.15) is 0 Å². The second kappa shape index (κ2) is 7.75. The van der Waals surface area contributed by atoms with Gasteiger partial charge in [0.1, 0.15) is 5.75 Å². The van der Waals surface area contributed by atoms with Crippen LogP contribution in [0.2, 0.25) is 0 Å². The van der Waals surface area contributed by atoms with Gasteiger partial charge in [0.2, 0.25) is 5.91 Å². The number of amides is 1. The fourth-order valence-corrected chi connectivity index (χ4v) is 2.20. The summed E-state index contributed by atoms with van der Waals surface area (Å²) in [6, 6.07) is 5.57. The van der Waals surface area contributed by atoms with Crippen molar-refractivity contribution < 1.29 is 14.6 Å². The summed E-state index contributed by atoms with van der Waals surface area (Å²) in [7, 11) is 1.57. The molecule has 1 aromatic rings. The first-order chi connectivity index (χ1) is 9.54. The van der Waals surface area contributed by atoms with E-state index in [-0.39, 0.29) is 12.5 Å². The number of ether oxygens (including phenoxy) is 1. The molecular weight excluding hydrogens is 256 g/mol. The van der Waals surface area contributed by atoms with Gasteiger partial charge in [0.25, 0.3) is 0 Å². The maximum Gasteiger partial charge on any atom is 0.239 e. The Morgan fingerprint density at radius 1 is 1.45 bits per heavy atom. The molecule has 0 fully saturated rings. The Hall–Kier alpha value is -1.75. The van der Waals surface area contributed by atoms with Crippen LogP contribution in [0, 0.1) is 0 Å². The third kappa shape index (κ3) is 3.87. The van der Waals surface area contributed by atoms with Crippen molar-refractivity contribution in [1.82, 2.24) is 5.32 Å². The monoisotopic (exact) mass is 280 g/mol. The molecule has 5 heteroatoms. The molecule has 0 saturated carbocycles. The summed E-state index contributed by atoms with van der Waals surface area (Å²) in [6.07, 6.45) is -0.663. The van der Waals surface area contributed by atoms with E-state index in [0.717, 1.165) is 5.69 Å². The summed E-state index contributed by atoms with van der Waals surface area (Å²) in [5.74, 6) is 0.598. The summed E-state index contributed by atoms with van der Waals surface area (Å²) in [5, 5.41) is 12.8. The van der Waals surface area contributed by atoms with Crippen LogP contribution in [-0.2, 0) is 4.79 Å². The van der Waals surface area contributed by atoms with E-state index in [2.05, 4.69) is 5.32 Å². The zero-order valence-electron chi connectivity index (χ0n) is 12.6. The first kappa shape index (κ1) is 16.3. The first-order valence-corrected chi connectivity index (χ1v) is 6.91. The minimum Gasteiger partial charge on any atom is -0.496 e. The van der Waals surface area contributed by atoms with E-state index in [1.165, 1.54) is 0 Å². The Bertz CT molecular complexity index is 447. The van der Waals surface area contributed by atoms with Gasteiger partial charge in [-0.15, -0.1) is 0 Å². The number of likely N-dealkylation sites (N-methyl/N-ethyl adjacent to an activating group) is 2. The largest absolute Gasteiger partial charge is 0.496 e. The fraction of sp³-hybridized carbons (Fsp3) is 0.533. The van der Waals surface area contributed by atoms with E-state index in [0.29, 0.717) is 24.4 Å². The van der Waals surface area contributed by atoms with Gasteiger partial charge >= 0.3 is 0 Å². The van der Waals surface area contributed by atoms with Gasteiger partial charge in [-0.3, -0.25) is 4.79 Å². The highest BCUT2D eigenvalue weighted by atomic mass is 16.5. The van der Waals surface area contributed by atoms with Crippen LogP contribution >= 0.6 is 0 Å². The number of hydrogen-bond acceptors (Lipinski definition) is 4. The summed E-state index contributed by atoms with van der Waals surface area (Å²) < 4.78 is 5.31. The first-order valence-electron chi connectivity index (χ1n) is 6.91. The molecule has 0 saturated heterocycles. The number of anilines is 1. The summed E-state index contributed by atoms with van der Waals surface area (Å²) in [5.41, 5.74) is 1.54. The standard InChI is InChI=1S/C15H24N2O3/c1-5-16-14(19)10-17(6-2)12-8-7-9-13(20-4)15(12)11(3)18/h7-9,11,18H,5-6,10H2,1-4H3,(H,16,19)/t11-/m1/s1. The van der Waals surface area contributed by atoms with E-state index in [4.69, 9.17) is 4.74 Å². The lowest BCUT2D eigenvalue weighted by atomic mass is 10.1. The van der Waals surface area contributed by atoms with Gasteiger partial charge in [0.15, 0.2) is 0 Å². The average molecular weight is 280 g/mol. The SMILES string of the molecule is CCNC(=O)CN(CC)c1cccc(OC)c1[C@@H](C)O. The number of hydrogen-bond donors (Lipinski definition) is 2. The third-order valence-corrected chi connectivity index (χ3v) is 3.11. The molecule has 112 valence electrons. The minimum atomic E-state index is -0.663. The van der Waals surface area contributed by atoms with E-state index in [1.807, 2.05) is 36.9 Å². The van der Waals surface area contributed by atoms with E-state index in [9.17, 15) is 9.90 Å². The lowest BCUT2D eigenvalue weighted by Gasteiger charge is -2.27. The number of carbonyl (C=O) groups is 1. The lowest BCUT2D eigenvalue weighted by Crippen LogP contribution is -2.37. The molecule has 20 heavy (non-hydrogen) atoms. The molecule has 0 aliphatic rings. The molecule has 0 bridgehead atoms. The molecule has 0 unspecified atom stereocenters. The Morgan fingerprint density at radius 2 is 2.15 bits per heavy atom. The number of aliphatic hydroxyl groups excluding tert-OH is 1. The minimum absolute atomic E-state index is 0.0336. The Morgan fingerprint density at radius 3 is 2.65 bits per heavy atom. The number of aliphatic hydroxyl groups is 1. The topological polar surface area (TPSA) is 61.8 Å². The molecule has 0 heterocycles. The Kier molecular flexibility index (Phi) is 6.31. The zero-order valence-corrected chi connectivity index (χ0v) is 12.6. The van der Waals surface area contributed by atoms with Crippen LogP contribution in [0.25, 0.3) is 0 Å². The number of benzene rings is 1. The van der Waals surface area contributed by atoms with Gasteiger partial charge in [-0.1, -0.05) is 6.07 Å². The van der Waals surface area contributed by atoms with Crippen molar-refractivity contribution in [2.45, 2.75) is 26.9 Å². The molecular formula is C15H24N2O3. The van der Waals surface area contributed by atoms with Crippen LogP contribution in [-0.4, -0.2) is 37.8 Å². The number of nitrogens with zero attached hydrogens (tertiary/aromatic N) is 1. The zero-order chi connectivity index (χ0) is 15.1. The molecule has 1 amide bonds. The maximum atomic E-state index is 11.8. The van der Waals surface area contributed by atoms with Gasteiger partial charge in [-0.25, -0.2) is 0 Å². The van der Waals surface area contributed by atoms with Crippen LogP contribution in [0.4, 0.5) is 5.69 Å². The molecule has 0 aliphatic heterocycles. The number of rotatable bonds is 7. The number of carbonyl (C=O) groups excluding carboxylic acids is 1. The maximum absolute atomic E-state index is 11.8. The second-order valence-electron chi connectivity index (χ2n) is 4.54. The fourth-order valence-electron chi connectivity index (χ4n) is 2.20. The smallest absolute Gasteiger partial charge is 0.239 e. The van der Waals surface area contributed by atoms with Crippen LogP contribution in [0.5, 0.6) is 5.75 Å². The molecule has 1 rings (SSSR count). The van der Waals surface area contributed by atoms with Gasteiger partial charge < -0.3 is 20.1 Å². The van der Waals surface area contributed by atoms with E-state index >= 15 is 0 Å². The predicted octanol–water partition coefficient (Wildman–Crippen LogP) is 1.71. The molecule has 0 aliphatic carbocycles. The number of nitrogens with one attached hydrogen (secondary N) is 1. The van der Waals surface area contributed by atoms with Gasteiger partial charge in [0.05, 0.1) is 19.8 Å².